The van der Waals surface area contributed by atoms with Crippen LogP contribution in [0.1, 0.15) is 44.6 Å². The molecule has 2 aliphatic rings. The Bertz CT molecular complexity index is 591. The fourth-order valence-electron chi connectivity index (χ4n) is 3.94. The molecule has 0 aromatic heterocycles. The zero-order valence-corrected chi connectivity index (χ0v) is 16.1. The third-order valence-electron chi connectivity index (χ3n) is 5.71. The van der Waals surface area contributed by atoms with Crippen LogP contribution in [0.15, 0.2) is 42.0 Å². The fourth-order valence-corrected chi connectivity index (χ4v) is 3.94. The summed E-state index contributed by atoms with van der Waals surface area (Å²) < 4.78 is 0. The van der Waals surface area contributed by atoms with Crippen LogP contribution < -0.4 is 5.32 Å². The van der Waals surface area contributed by atoms with Gasteiger partial charge in [0.2, 0.25) is 5.91 Å². The predicted octanol–water partition coefficient (Wildman–Crippen LogP) is 3.20. The number of nitrogens with zero attached hydrogens (tertiary/aromatic N) is 2. The van der Waals surface area contributed by atoms with Crippen molar-refractivity contribution in [3.05, 3.63) is 47.5 Å². The van der Waals surface area contributed by atoms with E-state index in [-0.39, 0.29) is 11.9 Å². The molecule has 1 aliphatic heterocycles. The van der Waals surface area contributed by atoms with Gasteiger partial charge in [0.1, 0.15) is 0 Å². The summed E-state index contributed by atoms with van der Waals surface area (Å²) in [5.74, 6) is 0.179. The van der Waals surface area contributed by atoms with Crippen LogP contribution in [0.2, 0.25) is 0 Å². The molecule has 142 valence electrons. The summed E-state index contributed by atoms with van der Waals surface area (Å²) in [7, 11) is 0. The summed E-state index contributed by atoms with van der Waals surface area (Å²) in [5, 5.41) is 3.14. The molecule has 1 aliphatic carbocycles. The van der Waals surface area contributed by atoms with Crippen molar-refractivity contribution in [3.8, 4) is 0 Å². The van der Waals surface area contributed by atoms with Crippen LogP contribution in [0.25, 0.3) is 0 Å². The molecule has 1 N–H and O–H groups in total. The van der Waals surface area contributed by atoms with Crippen LogP contribution in [0, 0.1) is 0 Å². The third kappa shape index (κ3) is 5.68. The summed E-state index contributed by atoms with van der Waals surface area (Å²) in [4.78, 5) is 17.3. The molecule has 0 bridgehead atoms. The van der Waals surface area contributed by atoms with Gasteiger partial charge in [-0.2, -0.15) is 0 Å². The minimum Gasteiger partial charge on any atom is -0.354 e. The van der Waals surface area contributed by atoms with E-state index in [4.69, 9.17) is 0 Å². The van der Waals surface area contributed by atoms with Crippen molar-refractivity contribution in [2.24, 2.45) is 0 Å². The van der Waals surface area contributed by atoms with Gasteiger partial charge < -0.3 is 5.32 Å². The topological polar surface area (TPSA) is 35.6 Å². The molecule has 26 heavy (non-hydrogen) atoms. The Labute approximate surface area is 158 Å². The zero-order valence-electron chi connectivity index (χ0n) is 16.1. The van der Waals surface area contributed by atoms with Crippen molar-refractivity contribution in [1.29, 1.82) is 0 Å². The number of amides is 1. The number of carbonyl (C=O) groups is 1. The maximum absolute atomic E-state index is 12.5. The van der Waals surface area contributed by atoms with Crippen molar-refractivity contribution >= 4 is 5.91 Å². The molecule has 1 fully saturated rings. The molecular formula is C22H33N3O. The Morgan fingerprint density at radius 3 is 2.58 bits per heavy atom. The van der Waals surface area contributed by atoms with E-state index < -0.39 is 0 Å². The van der Waals surface area contributed by atoms with Gasteiger partial charge in [-0.05, 0) is 44.6 Å². The van der Waals surface area contributed by atoms with E-state index in [2.05, 4.69) is 51.5 Å². The Kier molecular flexibility index (Phi) is 7.27. The van der Waals surface area contributed by atoms with E-state index >= 15 is 0 Å². The van der Waals surface area contributed by atoms with Crippen molar-refractivity contribution < 1.29 is 4.79 Å². The highest BCUT2D eigenvalue weighted by atomic mass is 16.2. The van der Waals surface area contributed by atoms with E-state index in [0.29, 0.717) is 0 Å². The molecule has 1 heterocycles. The molecule has 1 saturated heterocycles. The first-order valence-electron chi connectivity index (χ1n) is 10.2. The predicted molar refractivity (Wildman–Crippen MR) is 107 cm³/mol. The lowest BCUT2D eigenvalue weighted by Gasteiger charge is -2.37. The Morgan fingerprint density at radius 2 is 1.88 bits per heavy atom. The number of piperazine rings is 1. The van der Waals surface area contributed by atoms with E-state index in [9.17, 15) is 4.79 Å². The van der Waals surface area contributed by atoms with Gasteiger partial charge in [0.25, 0.3) is 0 Å². The van der Waals surface area contributed by atoms with Crippen LogP contribution in [0.4, 0.5) is 0 Å². The minimum absolute atomic E-state index is 0.0331. The average Bonchev–Trinajstić information content (AvgIpc) is 2.69. The highest BCUT2D eigenvalue weighted by Crippen LogP contribution is 2.19. The summed E-state index contributed by atoms with van der Waals surface area (Å²) >= 11 is 0. The lowest BCUT2D eigenvalue weighted by atomic mass is 9.97. The van der Waals surface area contributed by atoms with Gasteiger partial charge in [-0.1, -0.05) is 42.0 Å². The number of nitrogens with one attached hydrogen (secondary N) is 1. The summed E-state index contributed by atoms with van der Waals surface area (Å²) in [6.45, 7) is 7.81. The molecule has 0 saturated carbocycles. The second kappa shape index (κ2) is 9.89. The number of rotatable bonds is 7. The minimum atomic E-state index is -0.0331. The van der Waals surface area contributed by atoms with Gasteiger partial charge in [0.05, 0.1) is 6.04 Å². The van der Waals surface area contributed by atoms with Crippen molar-refractivity contribution in [1.82, 2.24) is 15.1 Å². The first-order valence-corrected chi connectivity index (χ1v) is 10.2. The van der Waals surface area contributed by atoms with Gasteiger partial charge in [-0.25, -0.2) is 0 Å². The number of carbonyl (C=O) groups excluding carboxylic acids is 1. The summed E-state index contributed by atoms with van der Waals surface area (Å²) in [6, 6.07) is 10.6. The second-order valence-corrected chi connectivity index (χ2v) is 7.62. The quantitative estimate of drug-likeness (QED) is 0.763. The number of benzene rings is 1. The van der Waals surface area contributed by atoms with Gasteiger partial charge in [0, 0.05) is 39.3 Å². The maximum atomic E-state index is 12.5. The first-order chi connectivity index (χ1) is 12.7. The van der Waals surface area contributed by atoms with Gasteiger partial charge in [-0.15, -0.1) is 0 Å². The van der Waals surface area contributed by atoms with Crippen LogP contribution in [0.3, 0.4) is 0 Å². The van der Waals surface area contributed by atoms with Crippen molar-refractivity contribution in [2.45, 2.75) is 51.6 Å². The first kappa shape index (κ1) is 19.1. The lowest BCUT2D eigenvalue weighted by molar-refractivity contribution is -0.126. The van der Waals surface area contributed by atoms with E-state index in [1.165, 1.54) is 36.8 Å². The molecule has 4 nitrogen and oxygen atoms in total. The van der Waals surface area contributed by atoms with Gasteiger partial charge in [0.15, 0.2) is 0 Å². The van der Waals surface area contributed by atoms with Crippen LogP contribution in [-0.2, 0) is 11.3 Å². The van der Waals surface area contributed by atoms with E-state index in [1.54, 1.807) is 0 Å². The standard InChI is InChI=1S/C22H33N3O/c1-19(22(26)23-13-12-20-8-4-2-5-9-20)25-16-14-24(15-17-25)18-21-10-6-3-7-11-21/h3,6-8,10-11,19H,2,4-5,9,12-18H2,1H3,(H,23,26)/t19-/m1/s1. The molecule has 1 amide bonds. The van der Waals surface area contributed by atoms with Crippen LogP contribution in [-0.4, -0.2) is 54.5 Å². The average molecular weight is 356 g/mol. The van der Waals surface area contributed by atoms with Crippen LogP contribution >= 0.6 is 0 Å². The lowest BCUT2D eigenvalue weighted by Crippen LogP contribution is -2.53. The van der Waals surface area contributed by atoms with Crippen molar-refractivity contribution in [3.63, 3.8) is 0 Å². The second-order valence-electron chi connectivity index (χ2n) is 7.62. The highest BCUT2D eigenvalue weighted by Gasteiger charge is 2.25. The number of hydrogen-bond acceptors (Lipinski definition) is 3. The summed E-state index contributed by atoms with van der Waals surface area (Å²) in [5.41, 5.74) is 2.89. The number of allylic oxidation sites excluding steroid dienone is 1. The molecule has 3 rings (SSSR count). The summed E-state index contributed by atoms with van der Waals surface area (Å²) in [6.07, 6.45) is 8.45. The molecule has 0 radical (unpaired) electrons. The van der Waals surface area contributed by atoms with Crippen LogP contribution in [0.5, 0.6) is 0 Å². The molecule has 1 atom stereocenters. The zero-order chi connectivity index (χ0) is 18.2. The third-order valence-corrected chi connectivity index (χ3v) is 5.71. The SMILES string of the molecule is C[C@H](C(=O)NCCC1=CCCCC1)N1CCN(Cc2ccccc2)CC1. The Hall–Kier alpha value is -1.65. The molecular weight excluding hydrogens is 322 g/mol. The monoisotopic (exact) mass is 355 g/mol. The maximum Gasteiger partial charge on any atom is 0.237 e. The number of hydrogen-bond donors (Lipinski definition) is 1. The van der Waals surface area contributed by atoms with Gasteiger partial charge >= 0.3 is 0 Å². The Balaban J connectivity index is 1.36. The Morgan fingerprint density at radius 1 is 1.12 bits per heavy atom. The van der Waals surface area contributed by atoms with E-state index in [1.807, 2.05) is 6.92 Å². The smallest absolute Gasteiger partial charge is 0.237 e. The fraction of sp³-hybridized carbons (Fsp3) is 0.591. The largest absolute Gasteiger partial charge is 0.354 e. The molecule has 0 unspecified atom stereocenters. The molecule has 0 spiro atoms. The van der Waals surface area contributed by atoms with E-state index in [0.717, 1.165) is 45.7 Å². The van der Waals surface area contributed by atoms with Crippen molar-refractivity contribution in [2.75, 3.05) is 32.7 Å². The molecule has 4 heteroatoms. The molecule has 1 aromatic rings. The van der Waals surface area contributed by atoms with Gasteiger partial charge in [-0.3, -0.25) is 14.6 Å². The normalized spacial score (nSPS) is 20.4. The molecule has 1 aromatic carbocycles. The highest BCUT2D eigenvalue weighted by molar-refractivity contribution is 5.81.